The number of carbonyl (C=O) groups is 1. The van der Waals surface area contributed by atoms with Gasteiger partial charge in [0.05, 0.1) is 11.9 Å². The molecule has 2 aromatic rings. The van der Waals surface area contributed by atoms with Crippen molar-refractivity contribution in [3.05, 3.63) is 60.2 Å². The van der Waals surface area contributed by atoms with E-state index in [0.717, 1.165) is 25.3 Å². The van der Waals surface area contributed by atoms with E-state index < -0.39 is 0 Å². The molecule has 1 aromatic heterocycles. The molecular formula is C19H22N4O. The molecule has 0 aliphatic carbocycles. The average molecular weight is 322 g/mol. The zero-order valence-corrected chi connectivity index (χ0v) is 13.7. The number of amides is 1. The number of nitrogens with one attached hydrogen (secondary N) is 1. The van der Waals surface area contributed by atoms with Gasteiger partial charge in [0, 0.05) is 30.7 Å². The van der Waals surface area contributed by atoms with Gasteiger partial charge in [0.25, 0.3) is 0 Å². The maximum absolute atomic E-state index is 12.0. The standard InChI is InChI=1S/C19H22N4O/c24-19(8-7-18-14-20-9-10-21-18)22-17-6-4-5-16(13-17)15-23-11-2-1-3-12-23/h4-10,13-14H,1-3,11-12,15H2,(H,22,24). The number of hydrogen-bond acceptors (Lipinski definition) is 4. The van der Waals surface area contributed by atoms with E-state index in [1.165, 1.54) is 30.9 Å². The second-order valence-corrected chi connectivity index (χ2v) is 5.99. The molecule has 24 heavy (non-hydrogen) atoms. The summed E-state index contributed by atoms with van der Waals surface area (Å²) in [6.45, 7) is 3.27. The highest BCUT2D eigenvalue weighted by Gasteiger charge is 2.10. The van der Waals surface area contributed by atoms with Gasteiger partial charge in [-0.15, -0.1) is 0 Å². The van der Waals surface area contributed by atoms with Gasteiger partial charge in [0.1, 0.15) is 0 Å². The third-order valence-corrected chi connectivity index (χ3v) is 4.04. The zero-order chi connectivity index (χ0) is 16.6. The van der Waals surface area contributed by atoms with Crippen molar-refractivity contribution in [3.63, 3.8) is 0 Å². The molecule has 1 fully saturated rings. The molecule has 5 nitrogen and oxygen atoms in total. The van der Waals surface area contributed by atoms with Gasteiger partial charge < -0.3 is 5.32 Å². The predicted molar refractivity (Wildman–Crippen MR) is 95.3 cm³/mol. The molecular weight excluding hydrogens is 300 g/mol. The summed E-state index contributed by atoms with van der Waals surface area (Å²) < 4.78 is 0. The van der Waals surface area contributed by atoms with E-state index in [1.54, 1.807) is 24.7 Å². The number of nitrogens with zero attached hydrogens (tertiary/aromatic N) is 3. The molecule has 1 aliphatic heterocycles. The number of benzene rings is 1. The first-order valence-corrected chi connectivity index (χ1v) is 8.36. The zero-order valence-electron chi connectivity index (χ0n) is 13.7. The molecule has 0 atom stereocenters. The van der Waals surface area contributed by atoms with Crippen LogP contribution >= 0.6 is 0 Å². The lowest BCUT2D eigenvalue weighted by Crippen LogP contribution is -2.29. The maximum atomic E-state index is 12.0. The van der Waals surface area contributed by atoms with E-state index in [9.17, 15) is 4.79 Å². The summed E-state index contributed by atoms with van der Waals surface area (Å²) in [7, 11) is 0. The van der Waals surface area contributed by atoms with E-state index in [2.05, 4.69) is 26.3 Å². The van der Waals surface area contributed by atoms with E-state index in [4.69, 9.17) is 0 Å². The van der Waals surface area contributed by atoms with Crippen LogP contribution in [0.1, 0.15) is 30.5 Å². The Labute approximate surface area is 142 Å². The highest BCUT2D eigenvalue weighted by atomic mass is 16.1. The summed E-state index contributed by atoms with van der Waals surface area (Å²) in [5, 5.41) is 2.90. The van der Waals surface area contributed by atoms with Crippen molar-refractivity contribution in [1.82, 2.24) is 14.9 Å². The van der Waals surface area contributed by atoms with Crippen molar-refractivity contribution in [2.75, 3.05) is 18.4 Å². The fourth-order valence-electron chi connectivity index (χ4n) is 2.86. The number of likely N-dealkylation sites (tertiary alicyclic amines) is 1. The van der Waals surface area contributed by atoms with Crippen LogP contribution in [0, 0.1) is 0 Å². The topological polar surface area (TPSA) is 58.1 Å². The summed E-state index contributed by atoms with van der Waals surface area (Å²) in [6, 6.07) is 8.05. The molecule has 0 bridgehead atoms. The molecule has 0 spiro atoms. The minimum absolute atomic E-state index is 0.171. The minimum atomic E-state index is -0.171. The predicted octanol–water partition coefficient (Wildman–Crippen LogP) is 3.11. The summed E-state index contributed by atoms with van der Waals surface area (Å²) in [6.07, 6.45) is 11.8. The van der Waals surface area contributed by atoms with Crippen LogP contribution in [0.5, 0.6) is 0 Å². The lowest BCUT2D eigenvalue weighted by molar-refractivity contribution is -0.111. The van der Waals surface area contributed by atoms with Crippen LogP contribution in [0.3, 0.4) is 0 Å². The number of rotatable bonds is 5. The number of carbonyl (C=O) groups excluding carboxylic acids is 1. The Bertz CT molecular complexity index is 694. The second-order valence-electron chi connectivity index (χ2n) is 5.99. The minimum Gasteiger partial charge on any atom is -0.323 e. The molecule has 3 rings (SSSR count). The first-order valence-electron chi connectivity index (χ1n) is 8.36. The van der Waals surface area contributed by atoms with E-state index >= 15 is 0 Å². The van der Waals surface area contributed by atoms with Crippen LogP contribution in [0.25, 0.3) is 6.08 Å². The average Bonchev–Trinajstić information content (AvgIpc) is 2.62. The number of piperidine rings is 1. The van der Waals surface area contributed by atoms with E-state index in [-0.39, 0.29) is 5.91 Å². The summed E-state index contributed by atoms with van der Waals surface area (Å²) in [5.74, 6) is -0.171. The normalized spacial score (nSPS) is 15.5. The Morgan fingerprint density at radius 1 is 1.21 bits per heavy atom. The highest BCUT2D eigenvalue weighted by molar-refractivity contribution is 6.01. The quantitative estimate of drug-likeness (QED) is 0.859. The van der Waals surface area contributed by atoms with Crippen molar-refractivity contribution in [1.29, 1.82) is 0 Å². The molecule has 124 valence electrons. The molecule has 0 unspecified atom stereocenters. The van der Waals surface area contributed by atoms with Gasteiger partial charge in [-0.05, 0) is 49.7 Å². The number of aromatic nitrogens is 2. The smallest absolute Gasteiger partial charge is 0.248 e. The lowest BCUT2D eigenvalue weighted by Gasteiger charge is -2.26. The van der Waals surface area contributed by atoms with Crippen LogP contribution in [0.4, 0.5) is 5.69 Å². The van der Waals surface area contributed by atoms with Gasteiger partial charge in [-0.3, -0.25) is 19.7 Å². The summed E-state index contributed by atoms with van der Waals surface area (Å²) in [4.78, 5) is 22.6. The van der Waals surface area contributed by atoms with Gasteiger partial charge in [0.15, 0.2) is 0 Å². The van der Waals surface area contributed by atoms with Gasteiger partial charge in [-0.1, -0.05) is 18.6 Å². The van der Waals surface area contributed by atoms with Crippen LogP contribution in [0.15, 0.2) is 48.9 Å². The van der Waals surface area contributed by atoms with Crippen LogP contribution < -0.4 is 5.32 Å². The van der Waals surface area contributed by atoms with Crippen molar-refractivity contribution >= 4 is 17.7 Å². The largest absolute Gasteiger partial charge is 0.323 e. The molecule has 0 saturated carbocycles. The van der Waals surface area contributed by atoms with Crippen LogP contribution in [0.2, 0.25) is 0 Å². The van der Waals surface area contributed by atoms with Crippen molar-refractivity contribution < 1.29 is 4.79 Å². The third kappa shape index (κ3) is 4.99. The molecule has 1 aromatic carbocycles. The third-order valence-electron chi connectivity index (χ3n) is 4.04. The van der Waals surface area contributed by atoms with Crippen LogP contribution in [-0.2, 0) is 11.3 Å². The lowest BCUT2D eigenvalue weighted by atomic mass is 10.1. The van der Waals surface area contributed by atoms with Gasteiger partial charge in [-0.2, -0.15) is 0 Å². The molecule has 1 N–H and O–H groups in total. The second kappa shape index (κ2) is 8.36. The molecule has 1 amide bonds. The molecule has 5 heteroatoms. The Morgan fingerprint density at radius 3 is 2.88 bits per heavy atom. The number of anilines is 1. The van der Waals surface area contributed by atoms with Crippen molar-refractivity contribution in [2.24, 2.45) is 0 Å². The highest BCUT2D eigenvalue weighted by Crippen LogP contribution is 2.16. The Morgan fingerprint density at radius 2 is 2.08 bits per heavy atom. The van der Waals surface area contributed by atoms with Crippen LogP contribution in [-0.4, -0.2) is 33.9 Å². The van der Waals surface area contributed by atoms with Crippen molar-refractivity contribution in [2.45, 2.75) is 25.8 Å². The fraction of sp³-hybridized carbons (Fsp3) is 0.316. The summed E-state index contributed by atoms with van der Waals surface area (Å²) >= 11 is 0. The van der Waals surface area contributed by atoms with E-state index in [1.807, 2.05) is 18.2 Å². The number of hydrogen-bond donors (Lipinski definition) is 1. The fourth-order valence-corrected chi connectivity index (χ4v) is 2.86. The Kier molecular flexibility index (Phi) is 5.69. The Balaban J connectivity index is 1.57. The molecule has 1 aliphatic rings. The molecule has 1 saturated heterocycles. The Hall–Kier alpha value is -2.53. The van der Waals surface area contributed by atoms with Gasteiger partial charge in [-0.25, -0.2) is 0 Å². The van der Waals surface area contributed by atoms with E-state index in [0.29, 0.717) is 5.69 Å². The summed E-state index contributed by atoms with van der Waals surface area (Å²) in [5.41, 5.74) is 2.71. The first kappa shape index (κ1) is 16.3. The molecule has 2 heterocycles. The molecule has 0 radical (unpaired) electrons. The first-order chi connectivity index (χ1) is 11.8. The van der Waals surface area contributed by atoms with Crippen molar-refractivity contribution in [3.8, 4) is 0 Å². The SMILES string of the molecule is O=C(C=Cc1cnccn1)Nc1cccc(CN2CCCCC2)c1. The monoisotopic (exact) mass is 322 g/mol. The van der Waals surface area contributed by atoms with Gasteiger partial charge >= 0.3 is 0 Å². The van der Waals surface area contributed by atoms with Gasteiger partial charge in [0.2, 0.25) is 5.91 Å². The maximum Gasteiger partial charge on any atom is 0.248 e.